The van der Waals surface area contributed by atoms with Crippen molar-refractivity contribution in [2.45, 2.75) is 26.3 Å². The molecule has 5 heteroatoms. The largest absolute Gasteiger partial charge is 0.350 e. The van der Waals surface area contributed by atoms with Crippen LogP contribution in [-0.2, 0) is 17.8 Å². The van der Waals surface area contributed by atoms with Gasteiger partial charge < -0.3 is 5.32 Å². The van der Waals surface area contributed by atoms with Crippen LogP contribution in [0.4, 0.5) is 0 Å². The lowest BCUT2D eigenvalue weighted by Crippen LogP contribution is -2.23. The summed E-state index contributed by atoms with van der Waals surface area (Å²) >= 11 is 1.63. The van der Waals surface area contributed by atoms with Gasteiger partial charge in [-0.2, -0.15) is 0 Å². The molecule has 2 heterocycles. The molecule has 0 aliphatic heterocycles. The van der Waals surface area contributed by atoms with Crippen LogP contribution in [-0.4, -0.2) is 15.9 Å². The SMILES string of the molecule is Cc1ccccc1-c1nc(CCC(=O)NCc2ccccn2)cs1. The monoisotopic (exact) mass is 337 g/mol. The van der Waals surface area contributed by atoms with Crippen LogP contribution in [0.3, 0.4) is 0 Å². The Morgan fingerprint density at radius 2 is 1.96 bits per heavy atom. The third-order valence-corrected chi connectivity index (χ3v) is 4.65. The molecule has 2 aromatic heterocycles. The van der Waals surface area contributed by atoms with Crippen LogP contribution in [0.15, 0.2) is 54.0 Å². The number of thiazole rings is 1. The summed E-state index contributed by atoms with van der Waals surface area (Å²) in [6.07, 6.45) is 2.81. The summed E-state index contributed by atoms with van der Waals surface area (Å²) in [5, 5.41) is 5.94. The van der Waals surface area contributed by atoms with E-state index in [9.17, 15) is 4.79 Å². The van der Waals surface area contributed by atoms with E-state index in [-0.39, 0.29) is 5.91 Å². The number of carbonyl (C=O) groups is 1. The van der Waals surface area contributed by atoms with Crippen molar-refractivity contribution in [2.24, 2.45) is 0 Å². The number of carbonyl (C=O) groups excluding carboxylic acids is 1. The molecule has 0 spiro atoms. The van der Waals surface area contributed by atoms with Gasteiger partial charge in [0.1, 0.15) is 5.01 Å². The van der Waals surface area contributed by atoms with Crippen LogP contribution in [0.1, 0.15) is 23.4 Å². The minimum atomic E-state index is 0.0195. The minimum absolute atomic E-state index is 0.0195. The van der Waals surface area contributed by atoms with Crippen molar-refractivity contribution >= 4 is 17.2 Å². The number of aryl methyl sites for hydroxylation is 2. The normalized spacial score (nSPS) is 10.5. The number of hydrogen-bond acceptors (Lipinski definition) is 4. The highest BCUT2D eigenvalue weighted by molar-refractivity contribution is 7.13. The third kappa shape index (κ3) is 4.26. The van der Waals surface area contributed by atoms with Crippen molar-refractivity contribution in [3.63, 3.8) is 0 Å². The summed E-state index contributed by atoms with van der Waals surface area (Å²) in [5.41, 5.74) is 4.20. The zero-order valence-corrected chi connectivity index (χ0v) is 14.3. The molecule has 0 radical (unpaired) electrons. The van der Waals surface area contributed by atoms with Gasteiger partial charge in [-0.15, -0.1) is 11.3 Å². The Labute approximate surface area is 145 Å². The molecule has 0 atom stereocenters. The highest BCUT2D eigenvalue weighted by Crippen LogP contribution is 2.26. The van der Waals surface area contributed by atoms with Gasteiger partial charge in [-0.25, -0.2) is 4.98 Å². The molecule has 0 bridgehead atoms. The molecule has 0 saturated heterocycles. The van der Waals surface area contributed by atoms with Gasteiger partial charge in [-0.05, 0) is 31.0 Å². The van der Waals surface area contributed by atoms with Gasteiger partial charge in [-0.1, -0.05) is 30.3 Å². The fourth-order valence-electron chi connectivity index (χ4n) is 2.38. The molecule has 0 saturated carbocycles. The number of nitrogens with zero attached hydrogens (tertiary/aromatic N) is 2. The Balaban J connectivity index is 1.52. The molecule has 0 aliphatic rings. The van der Waals surface area contributed by atoms with E-state index in [4.69, 9.17) is 0 Å². The summed E-state index contributed by atoms with van der Waals surface area (Å²) < 4.78 is 0. The van der Waals surface area contributed by atoms with Gasteiger partial charge in [-0.3, -0.25) is 9.78 Å². The molecule has 4 nitrogen and oxygen atoms in total. The maximum Gasteiger partial charge on any atom is 0.220 e. The standard InChI is InChI=1S/C19H19N3OS/c1-14-6-2-3-8-17(14)19-22-16(13-24-19)9-10-18(23)21-12-15-7-4-5-11-20-15/h2-8,11,13H,9-10,12H2,1H3,(H,21,23). The second-order valence-electron chi connectivity index (χ2n) is 5.56. The fourth-order valence-corrected chi connectivity index (χ4v) is 3.32. The maximum atomic E-state index is 12.0. The van der Waals surface area contributed by atoms with E-state index in [0.29, 0.717) is 19.4 Å². The first-order valence-corrected chi connectivity index (χ1v) is 8.77. The maximum absolute atomic E-state index is 12.0. The number of amides is 1. The summed E-state index contributed by atoms with van der Waals surface area (Å²) in [6, 6.07) is 13.9. The van der Waals surface area contributed by atoms with Crippen molar-refractivity contribution in [3.8, 4) is 10.6 Å². The Kier molecular flexibility index (Phi) is 5.33. The predicted octanol–water partition coefficient (Wildman–Crippen LogP) is 3.76. The average Bonchev–Trinajstić information content (AvgIpc) is 3.08. The van der Waals surface area contributed by atoms with Crippen LogP contribution in [0.25, 0.3) is 10.6 Å². The van der Waals surface area contributed by atoms with Gasteiger partial charge in [0, 0.05) is 23.6 Å². The summed E-state index contributed by atoms with van der Waals surface area (Å²) in [6.45, 7) is 2.55. The molecular weight excluding hydrogens is 318 g/mol. The number of pyridine rings is 1. The third-order valence-electron chi connectivity index (χ3n) is 3.73. The second kappa shape index (κ2) is 7.84. The van der Waals surface area contributed by atoms with Crippen LogP contribution >= 0.6 is 11.3 Å². The van der Waals surface area contributed by atoms with Crippen LogP contribution < -0.4 is 5.32 Å². The van der Waals surface area contributed by atoms with Gasteiger partial charge in [0.05, 0.1) is 17.9 Å². The Hall–Kier alpha value is -2.53. The zero-order valence-electron chi connectivity index (χ0n) is 13.5. The number of hydrogen-bond donors (Lipinski definition) is 1. The molecule has 0 unspecified atom stereocenters. The van der Waals surface area contributed by atoms with Crippen molar-refractivity contribution in [2.75, 3.05) is 0 Å². The topological polar surface area (TPSA) is 54.9 Å². The molecule has 0 aliphatic carbocycles. The van der Waals surface area contributed by atoms with Crippen molar-refractivity contribution in [3.05, 3.63) is 71.0 Å². The van der Waals surface area contributed by atoms with E-state index in [1.54, 1.807) is 17.5 Å². The first kappa shape index (κ1) is 16.3. The lowest BCUT2D eigenvalue weighted by Gasteiger charge is -2.04. The smallest absolute Gasteiger partial charge is 0.220 e. The zero-order chi connectivity index (χ0) is 16.8. The first-order valence-electron chi connectivity index (χ1n) is 7.89. The van der Waals surface area contributed by atoms with E-state index >= 15 is 0 Å². The Bertz CT molecular complexity index is 814. The van der Waals surface area contributed by atoms with E-state index < -0.39 is 0 Å². The summed E-state index contributed by atoms with van der Waals surface area (Å²) in [5.74, 6) is 0.0195. The highest BCUT2D eigenvalue weighted by atomic mass is 32.1. The molecule has 1 amide bonds. The number of aromatic nitrogens is 2. The molecule has 24 heavy (non-hydrogen) atoms. The molecule has 0 fully saturated rings. The average molecular weight is 337 g/mol. The summed E-state index contributed by atoms with van der Waals surface area (Å²) in [4.78, 5) is 20.8. The fraction of sp³-hybridized carbons (Fsp3) is 0.211. The molecule has 122 valence electrons. The quantitative estimate of drug-likeness (QED) is 0.745. The van der Waals surface area contributed by atoms with E-state index in [1.807, 2.05) is 35.7 Å². The molecule has 1 N–H and O–H groups in total. The van der Waals surface area contributed by atoms with Crippen molar-refractivity contribution in [1.82, 2.24) is 15.3 Å². The lowest BCUT2D eigenvalue weighted by molar-refractivity contribution is -0.121. The molecule has 3 aromatic rings. The number of nitrogens with one attached hydrogen (secondary N) is 1. The van der Waals surface area contributed by atoms with Gasteiger partial charge in [0.15, 0.2) is 0 Å². The van der Waals surface area contributed by atoms with Gasteiger partial charge >= 0.3 is 0 Å². The van der Waals surface area contributed by atoms with E-state index in [0.717, 1.165) is 22.0 Å². The second-order valence-corrected chi connectivity index (χ2v) is 6.41. The lowest BCUT2D eigenvalue weighted by atomic mass is 10.1. The molecule has 1 aromatic carbocycles. The Morgan fingerprint density at radius 3 is 2.75 bits per heavy atom. The van der Waals surface area contributed by atoms with E-state index in [1.165, 1.54) is 5.56 Å². The van der Waals surface area contributed by atoms with Crippen LogP contribution in [0.5, 0.6) is 0 Å². The first-order chi connectivity index (χ1) is 11.7. The highest BCUT2D eigenvalue weighted by Gasteiger charge is 2.09. The van der Waals surface area contributed by atoms with Crippen LogP contribution in [0, 0.1) is 6.92 Å². The van der Waals surface area contributed by atoms with Crippen molar-refractivity contribution in [1.29, 1.82) is 0 Å². The van der Waals surface area contributed by atoms with Gasteiger partial charge in [0.25, 0.3) is 0 Å². The molecule has 3 rings (SSSR count). The summed E-state index contributed by atoms with van der Waals surface area (Å²) in [7, 11) is 0. The number of rotatable bonds is 6. The van der Waals surface area contributed by atoms with Gasteiger partial charge in [0.2, 0.25) is 5.91 Å². The van der Waals surface area contributed by atoms with Crippen molar-refractivity contribution < 1.29 is 4.79 Å². The van der Waals surface area contributed by atoms with Crippen LogP contribution in [0.2, 0.25) is 0 Å². The number of benzene rings is 1. The molecular formula is C19H19N3OS. The predicted molar refractivity (Wildman–Crippen MR) is 96.7 cm³/mol. The minimum Gasteiger partial charge on any atom is -0.350 e. The Morgan fingerprint density at radius 1 is 1.12 bits per heavy atom. The van der Waals surface area contributed by atoms with E-state index in [2.05, 4.69) is 34.3 Å².